The van der Waals surface area contributed by atoms with Crippen LogP contribution in [0.25, 0.3) is 6.08 Å². The van der Waals surface area contributed by atoms with Crippen molar-refractivity contribution in [3.63, 3.8) is 0 Å². The Balaban J connectivity index is 1.49. The zero-order valence-electron chi connectivity index (χ0n) is 15.2. The number of carbonyl (C=O) groups is 1. The Morgan fingerprint density at radius 1 is 1.00 bits per heavy atom. The van der Waals surface area contributed by atoms with Crippen LogP contribution in [-0.4, -0.2) is 56.3 Å². The van der Waals surface area contributed by atoms with Crippen LogP contribution in [0.2, 0.25) is 0 Å². The zero-order valence-corrected chi connectivity index (χ0v) is 16.0. The van der Waals surface area contributed by atoms with Crippen molar-refractivity contribution in [3.05, 3.63) is 71.4 Å². The summed E-state index contributed by atoms with van der Waals surface area (Å²) in [6.45, 7) is 0.869. The molecule has 3 rings (SSSR count). The van der Waals surface area contributed by atoms with Gasteiger partial charge in [0.15, 0.2) is 6.61 Å². The quantitative estimate of drug-likeness (QED) is 0.741. The van der Waals surface area contributed by atoms with Crippen LogP contribution in [0.15, 0.2) is 60.0 Å². The smallest absolute Gasteiger partial charge is 0.260 e. The molecule has 8 heteroatoms. The van der Waals surface area contributed by atoms with Crippen LogP contribution in [0.5, 0.6) is 5.75 Å². The van der Waals surface area contributed by atoms with E-state index >= 15 is 0 Å². The van der Waals surface area contributed by atoms with Gasteiger partial charge in [-0.2, -0.15) is 4.31 Å². The van der Waals surface area contributed by atoms with Gasteiger partial charge in [0.05, 0.1) is 0 Å². The first kappa shape index (κ1) is 20.0. The van der Waals surface area contributed by atoms with Gasteiger partial charge >= 0.3 is 0 Å². The predicted molar refractivity (Wildman–Crippen MR) is 104 cm³/mol. The molecule has 0 spiro atoms. The molecule has 0 atom stereocenters. The van der Waals surface area contributed by atoms with Crippen molar-refractivity contribution in [2.24, 2.45) is 0 Å². The predicted octanol–water partition coefficient (Wildman–Crippen LogP) is 2.35. The van der Waals surface area contributed by atoms with Gasteiger partial charge in [0.2, 0.25) is 10.0 Å². The van der Waals surface area contributed by atoms with Gasteiger partial charge in [-0.25, -0.2) is 12.8 Å². The molecule has 6 nitrogen and oxygen atoms in total. The average molecular weight is 404 g/mol. The molecule has 1 amide bonds. The molecule has 148 valence electrons. The minimum atomic E-state index is -3.54. The van der Waals surface area contributed by atoms with Gasteiger partial charge in [-0.1, -0.05) is 30.3 Å². The van der Waals surface area contributed by atoms with Gasteiger partial charge in [-0.15, -0.1) is 0 Å². The van der Waals surface area contributed by atoms with Gasteiger partial charge < -0.3 is 9.64 Å². The minimum Gasteiger partial charge on any atom is -0.484 e. The molecule has 0 bridgehead atoms. The Bertz CT molecular complexity index is 922. The third-order valence-electron chi connectivity index (χ3n) is 4.36. The lowest BCUT2D eigenvalue weighted by atomic mass is 10.2. The number of ether oxygens (including phenoxy) is 1. The molecule has 1 aliphatic rings. The van der Waals surface area contributed by atoms with Crippen LogP contribution in [0.4, 0.5) is 4.39 Å². The maximum atomic E-state index is 12.9. The maximum absolute atomic E-state index is 12.9. The lowest BCUT2D eigenvalue weighted by Crippen LogP contribution is -2.51. The molecule has 1 fully saturated rings. The summed E-state index contributed by atoms with van der Waals surface area (Å²) >= 11 is 0. The first-order chi connectivity index (χ1) is 13.4. The van der Waals surface area contributed by atoms with Crippen molar-refractivity contribution >= 4 is 22.0 Å². The fourth-order valence-electron chi connectivity index (χ4n) is 2.77. The van der Waals surface area contributed by atoms with Crippen molar-refractivity contribution in [2.45, 2.75) is 0 Å². The van der Waals surface area contributed by atoms with Crippen LogP contribution in [0.1, 0.15) is 5.56 Å². The highest BCUT2D eigenvalue weighted by Crippen LogP contribution is 2.13. The number of hydrogen-bond donors (Lipinski definition) is 0. The van der Waals surface area contributed by atoms with Crippen LogP contribution in [0, 0.1) is 5.82 Å². The number of piperazine rings is 1. The van der Waals surface area contributed by atoms with E-state index in [1.165, 1.54) is 34.0 Å². The molecule has 0 radical (unpaired) electrons. The number of amides is 1. The zero-order chi connectivity index (χ0) is 20.0. The van der Waals surface area contributed by atoms with E-state index in [4.69, 9.17) is 4.74 Å². The summed E-state index contributed by atoms with van der Waals surface area (Å²) in [5.74, 6) is -0.208. The summed E-state index contributed by atoms with van der Waals surface area (Å²) in [5, 5.41) is 1.19. The molecule has 28 heavy (non-hydrogen) atoms. The van der Waals surface area contributed by atoms with E-state index in [0.29, 0.717) is 18.8 Å². The highest BCUT2D eigenvalue weighted by atomic mass is 32.2. The van der Waals surface area contributed by atoms with Gasteiger partial charge in [-0.3, -0.25) is 4.79 Å². The van der Waals surface area contributed by atoms with Crippen molar-refractivity contribution in [3.8, 4) is 5.75 Å². The molecule has 2 aromatic carbocycles. The summed E-state index contributed by atoms with van der Waals surface area (Å²) in [6.07, 6.45) is 1.56. The molecule has 1 aliphatic heterocycles. The molecule has 1 heterocycles. The van der Waals surface area contributed by atoms with Crippen LogP contribution in [0.3, 0.4) is 0 Å². The molecule has 1 saturated heterocycles. The van der Waals surface area contributed by atoms with E-state index in [-0.39, 0.29) is 31.4 Å². The Hall–Kier alpha value is -2.71. The van der Waals surface area contributed by atoms with Gasteiger partial charge in [0.25, 0.3) is 5.91 Å². The van der Waals surface area contributed by atoms with Crippen LogP contribution in [-0.2, 0) is 14.8 Å². The maximum Gasteiger partial charge on any atom is 0.260 e. The van der Waals surface area contributed by atoms with E-state index in [1.807, 2.05) is 30.3 Å². The second-order valence-electron chi connectivity index (χ2n) is 6.28. The summed E-state index contributed by atoms with van der Waals surface area (Å²) in [4.78, 5) is 13.8. The van der Waals surface area contributed by atoms with Gasteiger partial charge in [0.1, 0.15) is 11.6 Å². The average Bonchev–Trinajstić information content (AvgIpc) is 2.72. The monoisotopic (exact) mass is 404 g/mol. The highest BCUT2D eigenvalue weighted by molar-refractivity contribution is 7.92. The standard InChI is InChI=1S/C20H21FN2O4S/c21-18-6-8-19(9-7-18)27-16-20(24)22-11-13-23(14-12-22)28(25,26)15-10-17-4-2-1-3-5-17/h1-10,15H,11-14,16H2. The normalized spacial score (nSPS) is 15.7. The van der Waals surface area contributed by atoms with Gasteiger partial charge in [-0.05, 0) is 35.9 Å². The number of rotatable bonds is 6. The number of hydrogen-bond acceptors (Lipinski definition) is 4. The Labute approximate surface area is 163 Å². The SMILES string of the molecule is O=C(COc1ccc(F)cc1)N1CCN(S(=O)(=O)C=Cc2ccccc2)CC1. The van der Waals surface area contributed by atoms with E-state index < -0.39 is 10.0 Å². The molecule has 0 N–H and O–H groups in total. The number of halogens is 1. The highest BCUT2D eigenvalue weighted by Gasteiger charge is 2.27. The van der Waals surface area contributed by atoms with Gasteiger partial charge in [0, 0.05) is 31.6 Å². The summed E-state index contributed by atoms with van der Waals surface area (Å²) < 4.78 is 44.5. The number of carbonyl (C=O) groups excluding carboxylic acids is 1. The van der Waals surface area contributed by atoms with E-state index in [9.17, 15) is 17.6 Å². The fraction of sp³-hybridized carbons (Fsp3) is 0.250. The Morgan fingerprint density at radius 3 is 2.29 bits per heavy atom. The first-order valence-electron chi connectivity index (χ1n) is 8.83. The Morgan fingerprint density at radius 2 is 1.64 bits per heavy atom. The lowest BCUT2D eigenvalue weighted by Gasteiger charge is -2.33. The molecular weight excluding hydrogens is 383 g/mol. The van der Waals surface area contributed by atoms with Crippen molar-refractivity contribution in [1.29, 1.82) is 0 Å². The van der Waals surface area contributed by atoms with Crippen molar-refractivity contribution < 1.29 is 22.3 Å². The molecule has 0 unspecified atom stereocenters. The number of sulfonamides is 1. The summed E-state index contributed by atoms with van der Waals surface area (Å²) in [7, 11) is -3.54. The van der Waals surface area contributed by atoms with E-state index in [1.54, 1.807) is 11.0 Å². The molecule has 0 aromatic heterocycles. The molecule has 0 saturated carbocycles. The largest absolute Gasteiger partial charge is 0.484 e. The van der Waals surface area contributed by atoms with Crippen molar-refractivity contribution in [1.82, 2.24) is 9.21 Å². The topological polar surface area (TPSA) is 66.9 Å². The van der Waals surface area contributed by atoms with E-state index in [2.05, 4.69) is 0 Å². The summed E-state index contributed by atoms with van der Waals surface area (Å²) in [5.41, 5.74) is 0.804. The minimum absolute atomic E-state index is 0.174. The third-order valence-corrected chi connectivity index (χ3v) is 5.92. The van der Waals surface area contributed by atoms with Crippen molar-refractivity contribution in [2.75, 3.05) is 32.8 Å². The van der Waals surface area contributed by atoms with Crippen LogP contribution >= 0.6 is 0 Å². The second kappa shape index (κ2) is 8.99. The van der Waals surface area contributed by atoms with E-state index in [0.717, 1.165) is 5.56 Å². The third kappa shape index (κ3) is 5.40. The summed E-state index contributed by atoms with van der Waals surface area (Å²) in [6, 6.07) is 14.6. The lowest BCUT2D eigenvalue weighted by molar-refractivity contribution is -0.134. The Kier molecular flexibility index (Phi) is 6.43. The molecular formula is C20H21FN2O4S. The number of nitrogens with zero attached hydrogens (tertiary/aromatic N) is 2. The number of benzene rings is 2. The fourth-order valence-corrected chi connectivity index (χ4v) is 3.95. The molecule has 2 aromatic rings. The molecule has 0 aliphatic carbocycles. The second-order valence-corrected chi connectivity index (χ2v) is 8.10. The first-order valence-corrected chi connectivity index (χ1v) is 10.3. The van der Waals surface area contributed by atoms with Crippen LogP contribution < -0.4 is 4.74 Å².